The number of hydrogen-bond donors (Lipinski definition) is 15. The number of hydrogen-bond acceptors (Lipinski definition) is 26. The van der Waals surface area contributed by atoms with Crippen LogP contribution in [0.25, 0.3) is 0 Å². The van der Waals surface area contributed by atoms with Crippen molar-refractivity contribution in [1.29, 1.82) is 0 Å². The zero-order chi connectivity index (χ0) is 49.3. The number of carbonyl (C=O) groups excluding carboxylic acids is 5. The van der Waals surface area contributed by atoms with Crippen molar-refractivity contribution in [2.45, 2.75) is 30.7 Å². The van der Waals surface area contributed by atoms with Crippen LogP contribution in [0.15, 0.2) is 60.7 Å². The topological polar surface area (TPSA) is 444 Å². The maximum absolute atomic E-state index is 13.4. The monoisotopic (exact) mass is 940 g/mol. The lowest BCUT2D eigenvalue weighted by molar-refractivity contribution is -0.284. The van der Waals surface area contributed by atoms with Crippen LogP contribution in [0.2, 0.25) is 0 Å². The van der Waals surface area contributed by atoms with Crippen LogP contribution in [0.4, 0.5) is 0 Å². The molecule has 5 atom stereocenters. The fourth-order valence-corrected chi connectivity index (χ4v) is 6.04. The van der Waals surface area contributed by atoms with Crippen LogP contribution < -0.4 is 9.47 Å². The SMILES string of the molecule is O=C(OC[C@H]1O[C@H](O)[C@H](OC(=O)c2cc(O)c(OC(=O)c3cc(O)c(O)c(O)c3)c(O)c2)[C@@H](OC(=O)c2cc(O)c(O)c(O)c2)[C@@H]1O)c1cc(O)c(OC(=O)c2cc(O)c(O)c(O)c2)c(O)c1. The molecular weight excluding hydrogens is 908 g/mol. The molecule has 67 heavy (non-hydrogen) atoms. The Kier molecular flexibility index (Phi) is 13.0. The van der Waals surface area contributed by atoms with Crippen molar-refractivity contribution in [3.05, 3.63) is 88.5 Å². The molecule has 1 fully saturated rings. The molecule has 6 rings (SSSR count). The standard InChI is InChI=1S/C41H32O26/c42-17-1-13(2-18(43)28(17)52)37(57)64-32-23(48)7-12(8-24(32)49)36(56)62-11-27-31(55)34(66-39(59)15-5-21(46)30(54)22(47)6-15)35(41(61)63-27)67-40(60)16-9-25(50)33(26(51)10-16)65-38(58)14-3-19(44)29(53)20(45)4-14/h1-10,27,31,34-35,41-55,61H,11H2/t27-,31-,34+,35-,41+/m1/s1. The van der Waals surface area contributed by atoms with Gasteiger partial charge in [0.2, 0.25) is 11.5 Å². The number of benzene rings is 5. The Hall–Kier alpha value is -9.27. The van der Waals surface area contributed by atoms with Crippen LogP contribution in [0.3, 0.4) is 0 Å². The van der Waals surface area contributed by atoms with E-state index in [4.69, 9.17) is 28.4 Å². The van der Waals surface area contributed by atoms with Gasteiger partial charge >= 0.3 is 29.8 Å². The molecule has 0 unspecified atom stereocenters. The normalized spacial score (nSPS) is 17.7. The fourth-order valence-electron chi connectivity index (χ4n) is 6.04. The van der Waals surface area contributed by atoms with Crippen LogP contribution in [0.5, 0.6) is 86.2 Å². The van der Waals surface area contributed by atoms with E-state index >= 15 is 0 Å². The third kappa shape index (κ3) is 9.79. The Labute approximate surface area is 370 Å². The lowest BCUT2D eigenvalue weighted by atomic mass is 9.98. The highest BCUT2D eigenvalue weighted by Gasteiger charge is 2.50. The van der Waals surface area contributed by atoms with Gasteiger partial charge in [-0.2, -0.15) is 0 Å². The molecule has 1 aliphatic rings. The summed E-state index contributed by atoms with van der Waals surface area (Å²) < 4.78 is 30.7. The van der Waals surface area contributed by atoms with Crippen LogP contribution in [-0.2, 0) is 18.9 Å². The van der Waals surface area contributed by atoms with E-state index in [1.165, 1.54) is 0 Å². The fraction of sp³-hybridized carbons (Fsp3) is 0.146. The van der Waals surface area contributed by atoms with Crippen LogP contribution in [0, 0.1) is 0 Å². The second-order valence-corrected chi connectivity index (χ2v) is 13.9. The van der Waals surface area contributed by atoms with Crippen molar-refractivity contribution in [1.82, 2.24) is 0 Å². The Morgan fingerprint density at radius 1 is 0.403 bits per heavy atom. The zero-order valence-electron chi connectivity index (χ0n) is 33.1. The van der Waals surface area contributed by atoms with Gasteiger partial charge in [-0.3, -0.25) is 0 Å². The molecule has 26 heteroatoms. The summed E-state index contributed by atoms with van der Waals surface area (Å²) in [5.41, 5.74) is -3.25. The van der Waals surface area contributed by atoms with Crippen LogP contribution in [0.1, 0.15) is 51.8 Å². The Balaban J connectivity index is 1.20. The minimum atomic E-state index is -2.42. The van der Waals surface area contributed by atoms with Gasteiger partial charge in [-0.25, -0.2) is 24.0 Å². The summed E-state index contributed by atoms with van der Waals surface area (Å²) in [4.78, 5) is 64.8. The van der Waals surface area contributed by atoms with Crippen molar-refractivity contribution < 1.29 is 129 Å². The van der Waals surface area contributed by atoms with Gasteiger partial charge in [0.25, 0.3) is 0 Å². The lowest BCUT2D eigenvalue weighted by Crippen LogP contribution is -2.61. The van der Waals surface area contributed by atoms with Crippen molar-refractivity contribution >= 4 is 29.8 Å². The Bertz CT molecular complexity index is 2720. The van der Waals surface area contributed by atoms with E-state index < -0.39 is 181 Å². The number of carbonyl (C=O) groups is 5. The molecule has 1 aliphatic heterocycles. The summed E-state index contributed by atoms with van der Waals surface area (Å²) >= 11 is 0. The van der Waals surface area contributed by atoms with Gasteiger partial charge in [-0.15, -0.1) is 0 Å². The van der Waals surface area contributed by atoms with Gasteiger partial charge in [-0.05, 0) is 60.7 Å². The van der Waals surface area contributed by atoms with E-state index in [9.17, 15) is 101 Å². The molecule has 0 radical (unpaired) electrons. The van der Waals surface area contributed by atoms with Crippen molar-refractivity contribution in [3.63, 3.8) is 0 Å². The molecule has 0 spiro atoms. The Morgan fingerprint density at radius 3 is 1.03 bits per heavy atom. The molecular formula is C41H32O26. The summed E-state index contributed by atoms with van der Waals surface area (Å²) in [6, 6.07) is 6.29. The first-order valence-electron chi connectivity index (χ1n) is 18.4. The number of phenolic OH excluding ortho intramolecular Hbond substituents is 13. The van der Waals surface area contributed by atoms with E-state index in [0.717, 1.165) is 0 Å². The summed E-state index contributed by atoms with van der Waals surface area (Å²) in [6.07, 6.45) is -11.1. The summed E-state index contributed by atoms with van der Waals surface area (Å²) in [5.74, 6) is -22.3. The van der Waals surface area contributed by atoms with E-state index in [1.807, 2.05) is 0 Å². The first kappa shape index (κ1) is 47.2. The van der Waals surface area contributed by atoms with Crippen molar-refractivity contribution in [2.24, 2.45) is 0 Å². The van der Waals surface area contributed by atoms with Gasteiger partial charge < -0.3 is 105 Å². The highest BCUT2D eigenvalue weighted by molar-refractivity contribution is 5.96. The number of rotatable bonds is 11. The van der Waals surface area contributed by atoms with E-state index in [0.29, 0.717) is 60.7 Å². The number of phenols is 13. The molecule has 352 valence electrons. The molecule has 0 aliphatic carbocycles. The average molecular weight is 941 g/mol. The van der Waals surface area contributed by atoms with E-state index in [-0.39, 0.29) is 0 Å². The highest BCUT2D eigenvalue weighted by Crippen LogP contribution is 2.42. The summed E-state index contributed by atoms with van der Waals surface area (Å²) in [7, 11) is 0. The van der Waals surface area contributed by atoms with Crippen molar-refractivity contribution in [2.75, 3.05) is 6.61 Å². The molecule has 0 bridgehead atoms. The number of aromatic hydroxyl groups is 13. The number of aliphatic hydroxyl groups excluding tert-OH is 2. The predicted molar refractivity (Wildman–Crippen MR) is 209 cm³/mol. The average Bonchev–Trinajstić information content (AvgIpc) is 3.26. The molecule has 0 saturated carbocycles. The first-order chi connectivity index (χ1) is 31.4. The highest BCUT2D eigenvalue weighted by atomic mass is 16.7. The van der Waals surface area contributed by atoms with Crippen LogP contribution in [-0.4, -0.2) is 144 Å². The molecule has 26 nitrogen and oxygen atoms in total. The minimum Gasteiger partial charge on any atom is -0.504 e. The third-order valence-corrected chi connectivity index (χ3v) is 9.38. The molecule has 5 aromatic carbocycles. The molecule has 5 aromatic rings. The molecule has 0 amide bonds. The second-order valence-electron chi connectivity index (χ2n) is 13.9. The maximum atomic E-state index is 13.4. The van der Waals surface area contributed by atoms with E-state index in [1.54, 1.807) is 0 Å². The molecule has 1 saturated heterocycles. The summed E-state index contributed by atoms with van der Waals surface area (Å²) in [6.45, 7) is -1.07. The van der Waals surface area contributed by atoms with Gasteiger partial charge in [0.15, 0.2) is 93.2 Å². The minimum absolute atomic E-state index is 0.559. The largest absolute Gasteiger partial charge is 0.504 e. The first-order valence-corrected chi connectivity index (χ1v) is 18.4. The predicted octanol–water partition coefficient (Wildman–Crippen LogP) is 0.984. The Morgan fingerprint density at radius 2 is 0.687 bits per heavy atom. The van der Waals surface area contributed by atoms with Gasteiger partial charge in [0, 0.05) is 0 Å². The second kappa shape index (κ2) is 18.4. The van der Waals surface area contributed by atoms with Gasteiger partial charge in [0.05, 0.1) is 27.8 Å². The molecule has 15 N–H and O–H groups in total. The van der Waals surface area contributed by atoms with E-state index in [2.05, 4.69) is 0 Å². The number of esters is 5. The smallest absolute Gasteiger partial charge is 0.344 e. The van der Waals surface area contributed by atoms with Crippen molar-refractivity contribution in [3.8, 4) is 86.2 Å². The maximum Gasteiger partial charge on any atom is 0.344 e. The number of aliphatic hydroxyl groups is 2. The zero-order valence-corrected chi connectivity index (χ0v) is 33.1. The van der Waals surface area contributed by atoms with Gasteiger partial charge in [0.1, 0.15) is 18.8 Å². The number of ether oxygens (including phenoxy) is 6. The summed E-state index contributed by atoms with van der Waals surface area (Å²) in [5, 5.41) is 152. The van der Waals surface area contributed by atoms with Gasteiger partial charge in [-0.1, -0.05) is 0 Å². The third-order valence-electron chi connectivity index (χ3n) is 9.38. The van der Waals surface area contributed by atoms with Crippen LogP contribution >= 0.6 is 0 Å². The quantitative estimate of drug-likeness (QED) is 0.0380. The lowest BCUT2D eigenvalue weighted by Gasteiger charge is -2.41. The molecule has 0 aromatic heterocycles. The molecule has 1 heterocycles.